The van der Waals surface area contributed by atoms with Crippen LogP contribution < -0.4 is 29.7 Å². The number of amides is 1. The van der Waals surface area contributed by atoms with Crippen molar-refractivity contribution in [1.29, 1.82) is 0 Å². The third-order valence-electron chi connectivity index (χ3n) is 7.23. The molecule has 5 aromatic rings. The number of para-hydroxylation sites is 1. The topological polar surface area (TPSA) is 81.9 Å². The third kappa shape index (κ3) is 6.09. The molecule has 1 amide bonds. The Bertz CT molecular complexity index is 2020. The number of thiazole rings is 1. The Morgan fingerprint density at radius 1 is 0.955 bits per heavy atom. The van der Waals surface area contributed by atoms with Crippen LogP contribution in [0.4, 0.5) is 10.1 Å². The summed E-state index contributed by atoms with van der Waals surface area (Å²) in [6.07, 6.45) is 1.81. The molecule has 1 aromatic heterocycles. The van der Waals surface area contributed by atoms with Crippen LogP contribution >= 0.6 is 11.3 Å². The molecule has 1 aliphatic rings. The van der Waals surface area contributed by atoms with Crippen molar-refractivity contribution in [2.75, 3.05) is 12.4 Å². The van der Waals surface area contributed by atoms with E-state index in [1.807, 2.05) is 84.9 Å². The Hall–Kier alpha value is -5.28. The van der Waals surface area contributed by atoms with Crippen LogP contribution in [0.2, 0.25) is 0 Å². The van der Waals surface area contributed by atoms with Crippen LogP contribution in [-0.2, 0) is 11.4 Å². The molecule has 0 saturated heterocycles. The number of nitrogens with zero attached hydrogens (tertiary/aromatic N) is 2. The summed E-state index contributed by atoms with van der Waals surface area (Å²) in [5.74, 6) is 0.698. The fourth-order valence-corrected chi connectivity index (χ4v) is 6.04. The predicted molar refractivity (Wildman–Crippen MR) is 169 cm³/mol. The molecule has 0 unspecified atom stereocenters. The van der Waals surface area contributed by atoms with Gasteiger partial charge < -0.3 is 14.8 Å². The van der Waals surface area contributed by atoms with Gasteiger partial charge in [-0.15, -0.1) is 0 Å². The van der Waals surface area contributed by atoms with Crippen molar-refractivity contribution in [3.63, 3.8) is 0 Å². The molecule has 44 heavy (non-hydrogen) atoms. The summed E-state index contributed by atoms with van der Waals surface area (Å²) in [4.78, 5) is 32.9. The van der Waals surface area contributed by atoms with E-state index in [-0.39, 0.29) is 17.3 Å². The number of anilines is 1. The second kappa shape index (κ2) is 12.5. The number of methoxy groups -OCH3 is 1. The number of benzene rings is 4. The zero-order valence-corrected chi connectivity index (χ0v) is 24.8. The lowest BCUT2D eigenvalue weighted by molar-refractivity contribution is -0.113. The molecule has 2 heterocycles. The maximum absolute atomic E-state index is 14.0. The molecule has 6 rings (SSSR count). The number of carbonyl (C=O) groups is 1. The minimum atomic E-state index is -0.690. The van der Waals surface area contributed by atoms with Gasteiger partial charge in [0.1, 0.15) is 23.9 Å². The van der Waals surface area contributed by atoms with Crippen molar-refractivity contribution >= 4 is 29.0 Å². The van der Waals surface area contributed by atoms with Crippen molar-refractivity contribution in [3.05, 3.63) is 157 Å². The number of carbonyl (C=O) groups excluding carboxylic acids is 1. The van der Waals surface area contributed by atoms with Crippen LogP contribution in [0.1, 0.15) is 29.7 Å². The molecule has 220 valence electrons. The Kier molecular flexibility index (Phi) is 8.21. The van der Waals surface area contributed by atoms with Crippen LogP contribution in [0.5, 0.6) is 11.5 Å². The van der Waals surface area contributed by atoms with Gasteiger partial charge in [-0.2, -0.15) is 0 Å². The number of hydrogen-bond acceptors (Lipinski definition) is 6. The second-order valence-electron chi connectivity index (χ2n) is 10.2. The van der Waals surface area contributed by atoms with E-state index in [4.69, 9.17) is 14.5 Å². The van der Waals surface area contributed by atoms with E-state index in [0.717, 1.165) is 16.7 Å². The summed E-state index contributed by atoms with van der Waals surface area (Å²) < 4.78 is 26.4. The maximum Gasteiger partial charge on any atom is 0.271 e. The van der Waals surface area contributed by atoms with Crippen LogP contribution in [0.3, 0.4) is 0 Å². The highest BCUT2D eigenvalue weighted by Crippen LogP contribution is 2.31. The van der Waals surface area contributed by atoms with Crippen molar-refractivity contribution in [3.8, 4) is 11.5 Å². The van der Waals surface area contributed by atoms with Gasteiger partial charge in [0.25, 0.3) is 11.5 Å². The van der Waals surface area contributed by atoms with Crippen molar-refractivity contribution in [2.45, 2.75) is 19.6 Å². The molecule has 0 saturated carbocycles. The van der Waals surface area contributed by atoms with Gasteiger partial charge in [0, 0.05) is 5.69 Å². The Balaban J connectivity index is 1.34. The maximum atomic E-state index is 14.0. The van der Waals surface area contributed by atoms with E-state index < -0.39 is 6.04 Å². The second-order valence-corrected chi connectivity index (χ2v) is 11.2. The third-order valence-corrected chi connectivity index (χ3v) is 8.21. The van der Waals surface area contributed by atoms with Gasteiger partial charge in [-0.05, 0) is 78.2 Å². The fraction of sp³-hybridized carbons (Fsp3) is 0.114. The number of allylic oxidation sites excluding steroid dienone is 1. The summed E-state index contributed by atoms with van der Waals surface area (Å²) in [6, 6.07) is 29.4. The highest BCUT2D eigenvalue weighted by Gasteiger charge is 2.32. The number of halogens is 1. The SMILES string of the molecule is COc1ccc([C@H]2C(C(=O)Nc3ccccc3)=C(C)N=c3s/c(=C/c4ccc(OCc5ccc(F)cc5)cc4)c(=O)n32)cc1. The molecule has 0 fully saturated rings. The van der Waals surface area contributed by atoms with E-state index in [1.54, 1.807) is 30.7 Å². The summed E-state index contributed by atoms with van der Waals surface area (Å²) in [5.41, 5.74) is 3.75. The predicted octanol–water partition coefficient (Wildman–Crippen LogP) is 5.60. The number of aromatic nitrogens is 1. The Labute approximate surface area is 256 Å². The van der Waals surface area contributed by atoms with E-state index >= 15 is 0 Å². The fourth-order valence-electron chi connectivity index (χ4n) is 4.99. The standard InChI is InChI=1S/C35H28FN3O4S/c1-22-31(33(40)38-27-6-4-3-5-7-27)32(25-12-18-28(42-2)19-13-25)39-34(41)30(44-35(39)37-22)20-23-10-16-29(17-11-23)43-21-24-8-14-26(36)15-9-24/h3-20,32H,21H2,1-2H3,(H,38,40)/b30-20+/t32-/m0/s1. The first-order valence-electron chi connectivity index (χ1n) is 13.9. The van der Waals surface area contributed by atoms with Crippen LogP contribution in [0.15, 0.2) is 124 Å². The van der Waals surface area contributed by atoms with E-state index in [2.05, 4.69) is 5.32 Å². The van der Waals surface area contributed by atoms with E-state index in [1.165, 1.54) is 23.5 Å². The number of hydrogen-bond donors (Lipinski definition) is 1. The van der Waals surface area contributed by atoms with Gasteiger partial charge in [-0.1, -0.05) is 65.9 Å². The summed E-state index contributed by atoms with van der Waals surface area (Å²) >= 11 is 1.27. The minimum absolute atomic E-state index is 0.247. The van der Waals surface area contributed by atoms with Gasteiger partial charge in [0.2, 0.25) is 0 Å². The molecule has 0 aliphatic carbocycles. The lowest BCUT2D eigenvalue weighted by Crippen LogP contribution is -2.40. The average molecular weight is 606 g/mol. The smallest absolute Gasteiger partial charge is 0.271 e. The number of nitrogens with one attached hydrogen (secondary N) is 1. The van der Waals surface area contributed by atoms with Gasteiger partial charge in [0.05, 0.1) is 29.0 Å². The first-order valence-corrected chi connectivity index (χ1v) is 14.7. The van der Waals surface area contributed by atoms with Gasteiger partial charge in [-0.25, -0.2) is 9.38 Å². The molecule has 0 radical (unpaired) electrons. The number of rotatable bonds is 8. The number of fused-ring (bicyclic) bond motifs is 1. The van der Waals surface area contributed by atoms with E-state index in [0.29, 0.717) is 44.4 Å². The van der Waals surface area contributed by atoms with Crippen molar-refractivity contribution in [1.82, 2.24) is 4.57 Å². The zero-order valence-electron chi connectivity index (χ0n) is 24.0. The van der Waals surface area contributed by atoms with Crippen LogP contribution in [-0.4, -0.2) is 17.6 Å². The normalized spacial score (nSPS) is 14.5. The van der Waals surface area contributed by atoms with Gasteiger partial charge in [0.15, 0.2) is 4.80 Å². The van der Waals surface area contributed by atoms with Gasteiger partial charge >= 0.3 is 0 Å². The molecular formula is C35H28FN3O4S. The Morgan fingerprint density at radius 3 is 2.32 bits per heavy atom. The molecule has 1 aliphatic heterocycles. The lowest BCUT2D eigenvalue weighted by Gasteiger charge is -2.25. The largest absolute Gasteiger partial charge is 0.497 e. The van der Waals surface area contributed by atoms with Crippen molar-refractivity contribution in [2.24, 2.45) is 4.99 Å². The molecule has 0 spiro atoms. The first-order chi connectivity index (χ1) is 21.4. The Morgan fingerprint density at radius 2 is 1.64 bits per heavy atom. The summed E-state index contributed by atoms with van der Waals surface area (Å²) in [7, 11) is 1.59. The van der Waals surface area contributed by atoms with Gasteiger partial charge in [-0.3, -0.25) is 14.2 Å². The average Bonchev–Trinajstić information content (AvgIpc) is 3.35. The highest BCUT2D eigenvalue weighted by molar-refractivity contribution is 7.07. The monoisotopic (exact) mass is 605 g/mol. The molecule has 1 N–H and O–H groups in total. The van der Waals surface area contributed by atoms with Crippen LogP contribution in [0.25, 0.3) is 6.08 Å². The molecule has 0 bridgehead atoms. The molecule has 4 aromatic carbocycles. The molecule has 9 heteroatoms. The molecule has 1 atom stereocenters. The molecular weight excluding hydrogens is 577 g/mol. The van der Waals surface area contributed by atoms with E-state index in [9.17, 15) is 14.0 Å². The first kappa shape index (κ1) is 28.8. The summed E-state index contributed by atoms with van der Waals surface area (Å²) in [6.45, 7) is 2.10. The summed E-state index contributed by atoms with van der Waals surface area (Å²) in [5, 5.41) is 2.96. The highest BCUT2D eigenvalue weighted by atomic mass is 32.1. The quantitative estimate of drug-likeness (QED) is 0.250. The minimum Gasteiger partial charge on any atom is -0.497 e. The zero-order chi connectivity index (χ0) is 30.6. The molecule has 7 nitrogen and oxygen atoms in total. The van der Waals surface area contributed by atoms with Crippen molar-refractivity contribution < 1.29 is 18.7 Å². The number of ether oxygens (including phenoxy) is 2. The van der Waals surface area contributed by atoms with Crippen LogP contribution in [0, 0.1) is 5.82 Å². The lowest BCUT2D eigenvalue weighted by atomic mass is 9.95.